The highest BCUT2D eigenvalue weighted by atomic mass is 16.6. The Hall–Kier alpha value is -2.76. The normalized spacial score (nSPS) is 10.7. The Balaban J connectivity index is 2.24. The Morgan fingerprint density at radius 2 is 2.11 bits per heavy atom. The Bertz CT molecular complexity index is 721. The van der Waals surface area contributed by atoms with Gasteiger partial charge in [-0.05, 0) is 18.2 Å². The fourth-order valence-corrected chi connectivity index (χ4v) is 1.81. The predicted octanol–water partition coefficient (Wildman–Crippen LogP) is 2.53. The second-order valence-electron chi connectivity index (χ2n) is 3.77. The summed E-state index contributed by atoms with van der Waals surface area (Å²) in [6.45, 7) is 0. The highest BCUT2D eigenvalue weighted by Crippen LogP contribution is 2.27. The molecule has 0 unspecified atom stereocenters. The zero-order chi connectivity index (χ0) is 12.5. The van der Waals surface area contributed by atoms with Gasteiger partial charge in [0.2, 0.25) is 0 Å². The molecular weight excluding hydrogens is 232 g/mol. The van der Waals surface area contributed by atoms with Crippen molar-refractivity contribution < 1.29 is 4.92 Å². The molecule has 0 atom stereocenters. The van der Waals surface area contributed by atoms with Gasteiger partial charge in [-0.1, -0.05) is 6.07 Å². The molecule has 0 bridgehead atoms. The van der Waals surface area contributed by atoms with Gasteiger partial charge < -0.3 is 0 Å². The number of nitro benzene ring substituents is 1. The summed E-state index contributed by atoms with van der Waals surface area (Å²) in [5, 5.41) is 18.5. The Kier molecular flexibility index (Phi) is 2.26. The van der Waals surface area contributed by atoms with E-state index < -0.39 is 4.92 Å². The molecule has 88 valence electrons. The first-order chi connectivity index (χ1) is 8.75. The summed E-state index contributed by atoms with van der Waals surface area (Å²) in [5.41, 5.74) is 2.10. The average molecular weight is 240 g/mol. The maximum atomic E-state index is 10.8. The van der Waals surface area contributed by atoms with Crippen molar-refractivity contribution in [2.75, 3.05) is 0 Å². The van der Waals surface area contributed by atoms with Gasteiger partial charge in [-0.3, -0.25) is 20.2 Å². The zero-order valence-electron chi connectivity index (χ0n) is 9.20. The van der Waals surface area contributed by atoms with Gasteiger partial charge in [0.15, 0.2) is 0 Å². The van der Waals surface area contributed by atoms with Crippen LogP contribution in [0, 0.1) is 10.1 Å². The van der Waals surface area contributed by atoms with Crippen molar-refractivity contribution in [3.8, 4) is 11.4 Å². The molecule has 0 saturated heterocycles. The molecule has 0 aliphatic rings. The van der Waals surface area contributed by atoms with Crippen LogP contribution in [0.3, 0.4) is 0 Å². The molecule has 0 aliphatic carbocycles. The van der Waals surface area contributed by atoms with Crippen LogP contribution in [0.1, 0.15) is 0 Å². The number of nitrogens with one attached hydrogen (secondary N) is 1. The van der Waals surface area contributed by atoms with Gasteiger partial charge in [-0.15, -0.1) is 0 Å². The molecule has 0 fully saturated rings. The molecule has 0 saturated carbocycles. The lowest BCUT2D eigenvalue weighted by atomic mass is 10.1. The number of hydrogen-bond acceptors (Lipinski definition) is 4. The van der Waals surface area contributed by atoms with E-state index >= 15 is 0 Å². The van der Waals surface area contributed by atoms with Crippen molar-refractivity contribution in [1.82, 2.24) is 15.2 Å². The topological polar surface area (TPSA) is 84.7 Å². The van der Waals surface area contributed by atoms with Crippen LogP contribution in [0.4, 0.5) is 5.69 Å². The van der Waals surface area contributed by atoms with E-state index in [0.29, 0.717) is 16.8 Å². The number of nitro groups is 1. The van der Waals surface area contributed by atoms with Crippen LogP contribution < -0.4 is 0 Å². The van der Waals surface area contributed by atoms with Crippen molar-refractivity contribution in [3.63, 3.8) is 0 Å². The van der Waals surface area contributed by atoms with Gasteiger partial charge in [0.25, 0.3) is 5.69 Å². The van der Waals surface area contributed by atoms with Crippen molar-refractivity contribution in [3.05, 3.63) is 52.7 Å². The molecule has 6 nitrogen and oxygen atoms in total. The quantitative estimate of drug-likeness (QED) is 0.551. The van der Waals surface area contributed by atoms with E-state index in [-0.39, 0.29) is 5.69 Å². The van der Waals surface area contributed by atoms with E-state index in [1.807, 2.05) is 12.1 Å². The first-order valence-electron chi connectivity index (χ1n) is 5.29. The lowest BCUT2D eigenvalue weighted by molar-refractivity contribution is -0.384. The smallest absolute Gasteiger partial charge is 0.270 e. The Labute approximate surface area is 101 Å². The molecule has 1 N–H and O–H groups in total. The Morgan fingerprint density at radius 3 is 2.83 bits per heavy atom. The summed E-state index contributed by atoms with van der Waals surface area (Å²) in [6, 6.07) is 10.1. The molecule has 0 amide bonds. The van der Waals surface area contributed by atoms with E-state index in [4.69, 9.17) is 0 Å². The van der Waals surface area contributed by atoms with Crippen molar-refractivity contribution in [2.24, 2.45) is 0 Å². The lowest BCUT2D eigenvalue weighted by Gasteiger charge is -1.96. The number of hydrogen-bond donors (Lipinski definition) is 1. The first-order valence-corrected chi connectivity index (χ1v) is 5.29. The standard InChI is InChI=1S/C12H8N4O2/c17-16(18)8-4-5-10-9(7-8)12(15-14-10)11-3-1-2-6-13-11/h1-7H,(H,14,15). The minimum Gasteiger partial charge on any atom is -0.277 e. The predicted molar refractivity (Wildman–Crippen MR) is 66.0 cm³/mol. The van der Waals surface area contributed by atoms with Gasteiger partial charge in [-0.2, -0.15) is 5.10 Å². The monoisotopic (exact) mass is 240 g/mol. The third kappa shape index (κ3) is 1.60. The summed E-state index contributed by atoms with van der Waals surface area (Å²) < 4.78 is 0. The van der Waals surface area contributed by atoms with Crippen LogP contribution in [0.15, 0.2) is 42.6 Å². The van der Waals surface area contributed by atoms with E-state index in [1.165, 1.54) is 12.1 Å². The zero-order valence-corrected chi connectivity index (χ0v) is 9.20. The molecule has 18 heavy (non-hydrogen) atoms. The molecule has 3 rings (SSSR count). The number of nitrogens with zero attached hydrogens (tertiary/aromatic N) is 3. The summed E-state index contributed by atoms with van der Waals surface area (Å²) in [4.78, 5) is 14.5. The number of rotatable bonds is 2. The maximum absolute atomic E-state index is 10.8. The van der Waals surface area contributed by atoms with Crippen molar-refractivity contribution in [1.29, 1.82) is 0 Å². The van der Waals surface area contributed by atoms with Crippen LogP contribution in [0.2, 0.25) is 0 Å². The highest BCUT2D eigenvalue weighted by Gasteiger charge is 2.13. The van der Waals surface area contributed by atoms with Crippen molar-refractivity contribution in [2.45, 2.75) is 0 Å². The molecule has 0 aliphatic heterocycles. The number of fused-ring (bicyclic) bond motifs is 1. The second kappa shape index (κ2) is 3.92. The van der Waals surface area contributed by atoms with E-state index in [2.05, 4.69) is 15.2 Å². The van der Waals surface area contributed by atoms with Gasteiger partial charge in [-0.25, -0.2) is 0 Å². The average Bonchev–Trinajstić information content (AvgIpc) is 2.82. The van der Waals surface area contributed by atoms with Crippen LogP contribution in [-0.2, 0) is 0 Å². The highest BCUT2D eigenvalue weighted by molar-refractivity contribution is 5.93. The van der Waals surface area contributed by atoms with E-state index in [1.54, 1.807) is 18.3 Å². The Morgan fingerprint density at radius 1 is 1.22 bits per heavy atom. The lowest BCUT2D eigenvalue weighted by Crippen LogP contribution is -1.87. The SMILES string of the molecule is O=[N+]([O-])c1ccc2[nH]nc(-c3ccccn3)c2c1. The molecule has 2 aromatic heterocycles. The van der Waals surface area contributed by atoms with Gasteiger partial charge in [0.1, 0.15) is 5.69 Å². The summed E-state index contributed by atoms with van der Waals surface area (Å²) >= 11 is 0. The van der Waals surface area contributed by atoms with Gasteiger partial charge >= 0.3 is 0 Å². The third-order valence-electron chi connectivity index (χ3n) is 2.66. The fraction of sp³-hybridized carbons (Fsp3) is 0. The summed E-state index contributed by atoms with van der Waals surface area (Å²) in [7, 11) is 0. The molecule has 0 spiro atoms. The number of aromatic amines is 1. The van der Waals surface area contributed by atoms with E-state index in [0.717, 1.165) is 5.52 Å². The number of H-pyrrole nitrogens is 1. The van der Waals surface area contributed by atoms with Crippen LogP contribution in [0.25, 0.3) is 22.3 Å². The van der Waals surface area contributed by atoms with Crippen molar-refractivity contribution >= 4 is 16.6 Å². The first kappa shape index (κ1) is 10.4. The molecule has 0 radical (unpaired) electrons. The fourth-order valence-electron chi connectivity index (χ4n) is 1.81. The molecule has 1 aromatic carbocycles. The maximum Gasteiger partial charge on any atom is 0.270 e. The second-order valence-corrected chi connectivity index (χ2v) is 3.77. The number of non-ortho nitro benzene ring substituents is 1. The van der Waals surface area contributed by atoms with Crippen LogP contribution >= 0.6 is 0 Å². The van der Waals surface area contributed by atoms with Gasteiger partial charge in [0, 0.05) is 23.7 Å². The number of pyridine rings is 1. The van der Waals surface area contributed by atoms with Crippen LogP contribution in [0.5, 0.6) is 0 Å². The molecule has 2 heterocycles. The molecule has 3 aromatic rings. The summed E-state index contributed by atoms with van der Waals surface area (Å²) in [5.74, 6) is 0. The number of benzene rings is 1. The third-order valence-corrected chi connectivity index (χ3v) is 2.66. The van der Waals surface area contributed by atoms with Gasteiger partial charge in [0.05, 0.1) is 16.1 Å². The summed E-state index contributed by atoms with van der Waals surface area (Å²) in [6.07, 6.45) is 1.66. The molecular formula is C12H8N4O2. The van der Waals surface area contributed by atoms with Crippen LogP contribution in [-0.4, -0.2) is 20.1 Å². The minimum absolute atomic E-state index is 0.0427. The minimum atomic E-state index is -0.422. The molecule has 6 heteroatoms. The number of aromatic nitrogens is 3. The largest absolute Gasteiger partial charge is 0.277 e. The van der Waals surface area contributed by atoms with E-state index in [9.17, 15) is 10.1 Å².